The van der Waals surface area contributed by atoms with E-state index < -0.39 is 0 Å². The summed E-state index contributed by atoms with van der Waals surface area (Å²) >= 11 is 0. The van der Waals surface area contributed by atoms with Gasteiger partial charge in [-0.25, -0.2) is 0 Å². The molecule has 4 rings (SSSR count). The molecule has 1 aliphatic heterocycles. The lowest BCUT2D eigenvalue weighted by molar-refractivity contribution is 0.0301. The zero-order valence-corrected chi connectivity index (χ0v) is 18.0. The summed E-state index contributed by atoms with van der Waals surface area (Å²) in [5.41, 5.74) is 1.45. The van der Waals surface area contributed by atoms with Gasteiger partial charge in [-0.05, 0) is 58.1 Å². The molecule has 162 valence electrons. The molecule has 0 radical (unpaired) electrons. The highest BCUT2D eigenvalue weighted by Crippen LogP contribution is 2.44. The van der Waals surface area contributed by atoms with Crippen molar-refractivity contribution in [3.05, 3.63) is 29.0 Å². The Morgan fingerprint density at radius 3 is 2.70 bits per heavy atom. The van der Waals surface area contributed by atoms with Gasteiger partial charge < -0.3 is 19.2 Å². The number of benzene rings is 1. The van der Waals surface area contributed by atoms with E-state index in [1.165, 1.54) is 12.8 Å². The fourth-order valence-corrected chi connectivity index (χ4v) is 4.80. The lowest BCUT2D eigenvalue weighted by Gasteiger charge is -2.37. The summed E-state index contributed by atoms with van der Waals surface area (Å²) in [4.78, 5) is 25.9. The van der Waals surface area contributed by atoms with Gasteiger partial charge in [-0.1, -0.05) is 12.8 Å². The van der Waals surface area contributed by atoms with Gasteiger partial charge in [-0.2, -0.15) is 0 Å². The Hall–Kier alpha value is -2.34. The first-order valence-electron chi connectivity index (χ1n) is 11.2. The van der Waals surface area contributed by atoms with Crippen molar-refractivity contribution >= 4 is 22.7 Å². The molecule has 1 saturated carbocycles. The number of carbonyl (C=O) groups is 2. The minimum Gasteiger partial charge on any atom is -0.486 e. The first kappa shape index (κ1) is 20.9. The average Bonchev–Trinajstić information content (AvgIpc) is 2.90. The van der Waals surface area contributed by atoms with E-state index in [0.717, 1.165) is 32.1 Å². The van der Waals surface area contributed by atoms with Gasteiger partial charge >= 0.3 is 0 Å². The van der Waals surface area contributed by atoms with Gasteiger partial charge in [0.05, 0.1) is 12.0 Å². The molecule has 0 atom stereocenters. The number of hydrogen-bond donors (Lipinski definition) is 1. The summed E-state index contributed by atoms with van der Waals surface area (Å²) in [6, 6.07) is 3.64. The van der Waals surface area contributed by atoms with E-state index in [2.05, 4.69) is 5.32 Å². The van der Waals surface area contributed by atoms with Crippen LogP contribution in [0.15, 0.2) is 16.5 Å². The first-order chi connectivity index (χ1) is 14.5. The number of furan rings is 1. The smallest absolute Gasteiger partial charge is 0.287 e. The minimum atomic E-state index is -0.368. The van der Waals surface area contributed by atoms with Crippen LogP contribution < -0.4 is 10.1 Å². The molecule has 1 fully saturated rings. The Labute approximate surface area is 177 Å². The maximum atomic E-state index is 13.3. The van der Waals surface area contributed by atoms with Crippen LogP contribution in [0.25, 0.3) is 11.0 Å². The molecule has 2 heterocycles. The number of ether oxygens (including phenoxy) is 2. The monoisotopic (exact) mass is 413 g/mol. The van der Waals surface area contributed by atoms with Gasteiger partial charge in [-0.15, -0.1) is 0 Å². The molecular formula is C24H31NO5. The Balaban J connectivity index is 1.60. The maximum Gasteiger partial charge on any atom is 0.287 e. The first-order valence-corrected chi connectivity index (χ1v) is 11.2. The van der Waals surface area contributed by atoms with Crippen LogP contribution in [0.3, 0.4) is 0 Å². The molecule has 0 bridgehead atoms. The van der Waals surface area contributed by atoms with Crippen molar-refractivity contribution in [1.82, 2.24) is 5.32 Å². The SMILES string of the molecule is CCOCCCNC(=O)c1oc2ccc3c(c2c1C)C(=O)CC1(CCCCCC1)O3. The highest BCUT2D eigenvalue weighted by atomic mass is 16.5. The molecule has 30 heavy (non-hydrogen) atoms. The third kappa shape index (κ3) is 3.97. The Kier molecular flexibility index (Phi) is 6.14. The Morgan fingerprint density at radius 1 is 1.20 bits per heavy atom. The predicted molar refractivity (Wildman–Crippen MR) is 114 cm³/mol. The molecule has 1 aromatic carbocycles. The van der Waals surface area contributed by atoms with Gasteiger partial charge in [0.2, 0.25) is 0 Å². The van der Waals surface area contributed by atoms with Crippen LogP contribution in [-0.4, -0.2) is 37.0 Å². The van der Waals surface area contributed by atoms with Gasteiger partial charge in [0.1, 0.15) is 16.9 Å². The second-order valence-corrected chi connectivity index (χ2v) is 8.47. The van der Waals surface area contributed by atoms with Crippen LogP contribution in [0.4, 0.5) is 0 Å². The van der Waals surface area contributed by atoms with Crippen LogP contribution in [0.1, 0.15) is 84.8 Å². The average molecular weight is 414 g/mol. The molecule has 1 aromatic heterocycles. The van der Waals surface area contributed by atoms with Crippen LogP contribution in [0, 0.1) is 6.92 Å². The molecule has 2 aliphatic rings. The molecule has 0 saturated heterocycles. The topological polar surface area (TPSA) is 77.8 Å². The Bertz CT molecular complexity index is 937. The van der Waals surface area contributed by atoms with E-state index in [9.17, 15) is 9.59 Å². The van der Waals surface area contributed by atoms with E-state index >= 15 is 0 Å². The fraction of sp³-hybridized carbons (Fsp3) is 0.583. The standard InChI is InChI=1S/C24H31NO5/c1-3-28-14-8-13-25-23(27)22-16(2)20-18(29-22)9-10-19-21(20)17(26)15-24(30-19)11-6-4-5-7-12-24/h9-10H,3-8,11-15H2,1-2H3,(H,25,27). The number of amides is 1. The van der Waals surface area contributed by atoms with Crippen molar-refractivity contribution in [2.24, 2.45) is 0 Å². The fourth-order valence-electron chi connectivity index (χ4n) is 4.80. The quantitative estimate of drug-likeness (QED) is 0.678. The number of nitrogens with one attached hydrogen (secondary N) is 1. The number of Topliss-reactive ketones (excluding diaryl/α,β-unsaturated/α-hetero) is 1. The van der Waals surface area contributed by atoms with Crippen LogP contribution in [0.5, 0.6) is 5.75 Å². The second kappa shape index (κ2) is 8.80. The van der Waals surface area contributed by atoms with E-state index in [1.54, 1.807) is 0 Å². The van der Waals surface area contributed by atoms with E-state index in [4.69, 9.17) is 13.9 Å². The normalized spacial score (nSPS) is 18.1. The molecule has 1 amide bonds. The van der Waals surface area contributed by atoms with E-state index in [-0.39, 0.29) is 23.1 Å². The summed E-state index contributed by atoms with van der Waals surface area (Å²) in [6.45, 7) is 5.57. The Morgan fingerprint density at radius 2 is 1.97 bits per heavy atom. The third-order valence-corrected chi connectivity index (χ3v) is 6.32. The summed E-state index contributed by atoms with van der Waals surface area (Å²) in [6.07, 6.45) is 7.61. The number of hydrogen-bond acceptors (Lipinski definition) is 5. The highest BCUT2D eigenvalue weighted by molar-refractivity contribution is 6.13. The van der Waals surface area contributed by atoms with Crippen molar-refractivity contribution in [1.29, 1.82) is 0 Å². The molecule has 1 spiro atoms. The number of ketones is 1. The lowest BCUT2D eigenvalue weighted by atomic mass is 9.83. The van der Waals surface area contributed by atoms with E-state index in [1.807, 2.05) is 26.0 Å². The minimum absolute atomic E-state index is 0.0938. The van der Waals surface area contributed by atoms with Crippen molar-refractivity contribution in [2.45, 2.75) is 70.8 Å². The molecule has 1 aliphatic carbocycles. The van der Waals surface area contributed by atoms with Crippen molar-refractivity contribution < 1.29 is 23.5 Å². The van der Waals surface area contributed by atoms with Crippen molar-refractivity contribution in [3.8, 4) is 5.75 Å². The molecule has 6 heteroatoms. The molecular weight excluding hydrogens is 382 g/mol. The molecule has 6 nitrogen and oxygen atoms in total. The lowest BCUT2D eigenvalue weighted by Crippen LogP contribution is -2.41. The largest absolute Gasteiger partial charge is 0.486 e. The van der Waals surface area contributed by atoms with Crippen LogP contribution in [-0.2, 0) is 4.74 Å². The van der Waals surface area contributed by atoms with E-state index in [0.29, 0.717) is 54.0 Å². The molecule has 1 N–H and O–H groups in total. The third-order valence-electron chi connectivity index (χ3n) is 6.32. The van der Waals surface area contributed by atoms with Gasteiger partial charge in [-0.3, -0.25) is 9.59 Å². The molecule has 0 unspecified atom stereocenters. The van der Waals surface area contributed by atoms with Crippen LogP contribution in [0.2, 0.25) is 0 Å². The highest BCUT2D eigenvalue weighted by Gasteiger charge is 2.42. The number of carbonyl (C=O) groups excluding carboxylic acids is 2. The van der Waals surface area contributed by atoms with Crippen molar-refractivity contribution in [3.63, 3.8) is 0 Å². The maximum absolute atomic E-state index is 13.3. The zero-order valence-electron chi connectivity index (χ0n) is 18.0. The number of aryl methyl sites for hydroxylation is 1. The summed E-state index contributed by atoms with van der Waals surface area (Å²) in [7, 11) is 0. The van der Waals surface area contributed by atoms with Crippen molar-refractivity contribution in [2.75, 3.05) is 19.8 Å². The second-order valence-electron chi connectivity index (χ2n) is 8.47. The summed E-state index contributed by atoms with van der Waals surface area (Å²) in [5, 5.41) is 3.58. The van der Waals surface area contributed by atoms with Gasteiger partial charge in [0, 0.05) is 30.7 Å². The number of rotatable bonds is 6. The zero-order chi connectivity index (χ0) is 21.1. The summed E-state index contributed by atoms with van der Waals surface area (Å²) in [5.74, 6) is 0.722. The summed E-state index contributed by atoms with van der Waals surface area (Å²) < 4.78 is 17.6. The van der Waals surface area contributed by atoms with Gasteiger partial charge in [0.15, 0.2) is 11.5 Å². The van der Waals surface area contributed by atoms with Gasteiger partial charge in [0.25, 0.3) is 5.91 Å². The van der Waals surface area contributed by atoms with Crippen LogP contribution >= 0.6 is 0 Å². The predicted octanol–water partition coefficient (Wildman–Crippen LogP) is 4.96. The number of fused-ring (bicyclic) bond motifs is 3. The molecule has 2 aromatic rings.